The van der Waals surface area contributed by atoms with Gasteiger partial charge in [0.05, 0.1) is 12.5 Å². The van der Waals surface area contributed by atoms with Crippen LogP contribution in [-0.4, -0.2) is 110 Å². The van der Waals surface area contributed by atoms with Crippen LogP contribution in [0.25, 0.3) is 10.9 Å². The zero-order chi connectivity index (χ0) is 33.0. The number of rotatable bonds is 10. The topological polar surface area (TPSA) is 110 Å². The second-order valence-corrected chi connectivity index (χ2v) is 13.8. The molecule has 1 aromatic heterocycles. The molecule has 2 fully saturated rings. The minimum absolute atomic E-state index is 0.0179. The lowest BCUT2D eigenvalue weighted by Gasteiger charge is -2.41. The fourth-order valence-corrected chi connectivity index (χ4v) is 8.10. The van der Waals surface area contributed by atoms with Gasteiger partial charge in [-0.15, -0.1) is 0 Å². The van der Waals surface area contributed by atoms with Crippen LogP contribution in [0.2, 0.25) is 0 Å². The molecule has 1 spiro atoms. The molecule has 3 aliphatic rings. The van der Waals surface area contributed by atoms with Crippen LogP contribution in [0.3, 0.4) is 0 Å². The Labute approximate surface area is 278 Å². The number of benzene rings is 2. The molecule has 0 radical (unpaired) electrons. The van der Waals surface area contributed by atoms with Crippen molar-refractivity contribution in [3.63, 3.8) is 0 Å². The van der Waals surface area contributed by atoms with E-state index in [2.05, 4.69) is 44.8 Å². The summed E-state index contributed by atoms with van der Waals surface area (Å²) in [5.41, 5.74) is 4.26. The van der Waals surface area contributed by atoms with Gasteiger partial charge in [0.15, 0.2) is 0 Å². The van der Waals surface area contributed by atoms with Crippen molar-refractivity contribution in [3.05, 3.63) is 71.4 Å². The molecular weight excluding hydrogens is 592 g/mol. The first-order valence-electron chi connectivity index (χ1n) is 17.3. The number of aromatic amines is 1. The maximum absolute atomic E-state index is 14.3. The number of carbonyl (C=O) groups excluding carboxylic acids is 3. The van der Waals surface area contributed by atoms with Gasteiger partial charge >= 0.3 is 6.03 Å². The summed E-state index contributed by atoms with van der Waals surface area (Å²) >= 11 is 0. The van der Waals surface area contributed by atoms with E-state index < -0.39 is 6.04 Å². The maximum atomic E-state index is 14.3. The molecule has 1 aliphatic carbocycles. The molecule has 6 rings (SSSR count). The minimum Gasteiger partial charge on any atom is -0.380 e. The summed E-state index contributed by atoms with van der Waals surface area (Å²) in [6, 6.07) is 15.4. The summed E-state index contributed by atoms with van der Waals surface area (Å²) in [4.78, 5) is 50.2. The van der Waals surface area contributed by atoms with Gasteiger partial charge in [0, 0.05) is 81.9 Å². The Bertz CT molecular complexity index is 1560. The van der Waals surface area contributed by atoms with Crippen LogP contribution < -0.4 is 10.6 Å². The van der Waals surface area contributed by atoms with Crippen LogP contribution in [0.15, 0.2) is 54.7 Å². The molecule has 2 aliphatic heterocycles. The van der Waals surface area contributed by atoms with Crippen LogP contribution in [-0.2, 0) is 26.2 Å². The number of likely N-dealkylation sites (N-methyl/N-ethyl adjacent to an activating group) is 1. The molecule has 252 valence electrons. The number of urea groups is 1. The monoisotopic (exact) mass is 642 g/mol. The van der Waals surface area contributed by atoms with Crippen LogP contribution in [0.5, 0.6) is 0 Å². The van der Waals surface area contributed by atoms with Gasteiger partial charge in [0.1, 0.15) is 6.04 Å². The second kappa shape index (κ2) is 14.5. The maximum Gasteiger partial charge on any atom is 0.315 e. The Balaban J connectivity index is 1.15. The highest BCUT2D eigenvalue weighted by Gasteiger charge is 2.48. The van der Waals surface area contributed by atoms with Crippen molar-refractivity contribution < 1.29 is 19.1 Å². The van der Waals surface area contributed by atoms with Crippen LogP contribution >= 0.6 is 0 Å². The van der Waals surface area contributed by atoms with Crippen LogP contribution in [0.4, 0.5) is 4.79 Å². The summed E-state index contributed by atoms with van der Waals surface area (Å²) in [5, 5.41) is 7.32. The minimum atomic E-state index is -0.708. The number of likely N-dealkylation sites (tertiary alicyclic amines) is 2. The van der Waals surface area contributed by atoms with Crippen LogP contribution in [0, 0.1) is 0 Å². The van der Waals surface area contributed by atoms with Gasteiger partial charge in [-0.3, -0.25) is 14.5 Å². The third kappa shape index (κ3) is 7.18. The number of piperidine rings is 2. The third-order valence-corrected chi connectivity index (χ3v) is 10.6. The molecule has 4 amide bonds. The summed E-state index contributed by atoms with van der Waals surface area (Å²) < 4.78 is 5.54. The number of nitrogens with zero attached hydrogens (tertiary/aromatic N) is 3. The lowest BCUT2D eigenvalue weighted by molar-refractivity contribution is -0.135. The van der Waals surface area contributed by atoms with E-state index in [4.69, 9.17) is 4.74 Å². The number of amides is 4. The summed E-state index contributed by atoms with van der Waals surface area (Å²) in [6.45, 7) is 7.17. The number of ether oxygens (including phenoxy) is 1. The number of para-hydroxylation sites is 1. The van der Waals surface area contributed by atoms with Crippen molar-refractivity contribution in [3.8, 4) is 0 Å². The number of fused-ring (bicyclic) bond motifs is 3. The average molecular weight is 643 g/mol. The molecule has 2 saturated heterocycles. The lowest BCUT2D eigenvalue weighted by atomic mass is 9.73. The van der Waals surface area contributed by atoms with E-state index in [9.17, 15) is 14.4 Å². The normalized spacial score (nSPS) is 21.4. The summed E-state index contributed by atoms with van der Waals surface area (Å²) in [5.74, 6) is -0.0787. The van der Waals surface area contributed by atoms with Gasteiger partial charge in [0.2, 0.25) is 11.8 Å². The first-order chi connectivity index (χ1) is 22.8. The van der Waals surface area contributed by atoms with E-state index in [-0.39, 0.29) is 35.2 Å². The van der Waals surface area contributed by atoms with Gasteiger partial charge in [-0.2, -0.15) is 0 Å². The molecule has 3 N–H and O–H groups in total. The van der Waals surface area contributed by atoms with E-state index >= 15 is 0 Å². The number of aromatic nitrogens is 1. The first kappa shape index (κ1) is 33.0. The molecule has 3 heterocycles. The molecule has 0 unspecified atom stereocenters. The van der Waals surface area contributed by atoms with Crippen molar-refractivity contribution in [2.75, 3.05) is 60.0 Å². The third-order valence-electron chi connectivity index (χ3n) is 10.6. The fourth-order valence-electron chi connectivity index (χ4n) is 8.10. The molecule has 0 saturated carbocycles. The number of hydrogen-bond acceptors (Lipinski definition) is 5. The van der Waals surface area contributed by atoms with Crippen molar-refractivity contribution >= 4 is 28.7 Å². The van der Waals surface area contributed by atoms with E-state index in [1.807, 2.05) is 56.4 Å². The second-order valence-electron chi connectivity index (χ2n) is 13.8. The van der Waals surface area contributed by atoms with Crippen molar-refractivity contribution in [2.45, 2.75) is 68.9 Å². The highest BCUT2D eigenvalue weighted by Crippen LogP contribution is 2.52. The van der Waals surface area contributed by atoms with E-state index in [0.717, 1.165) is 73.8 Å². The fraction of sp³-hybridized carbons (Fsp3) is 0.541. The van der Waals surface area contributed by atoms with Crippen LogP contribution in [0.1, 0.15) is 61.6 Å². The Hall–Kier alpha value is -3.89. The standard InChI is InChI=1S/C37H50N6O4/c1-4-47-21-20-42-17-9-10-27(25-42)39-36(46)40-33(22-26-24-38-32-14-8-6-11-28(26)32)35(45)43-18-15-37(16-19-43)23-30(34(44)41(2)3)29-12-5-7-13-31(29)37/h5-8,11-14,24,27,30,33,38H,4,9-10,15-23,25H2,1-3H3,(H2,39,40,46)/t27-,30-,33-/m1/s1. The average Bonchev–Trinajstić information content (AvgIpc) is 3.63. The number of H-pyrrole nitrogens is 1. The van der Waals surface area contributed by atoms with Crippen molar-refractivity contribution in [2.24, 2.45) is 0 Å². The number of nitrogens with one attached hydrogen (secondary N) is 3. The summed E-state index contributed by atoms with van der Waals surface area (Å²) in [6.07, 6.45) is 6.61. The number of hydrogen-bond donors (Lipinski definition) is 3. The molecule has 2 aromatic carbocycles. The first-order valence-corrected chi connectivity index (χ1v) is 17.3. The predicted octanol–water partition coefficient (Wildman–Crippen LogP) is 4.02. The van der Waals surface area contributed by atoms with Crippen molar-refractivity contribution in [1.82, 2.24) is 30.3 Å². The Morgan fingerprint density at radius 2 is 1.83 bits per heavy atom. The molecule has 47 heavy (non-hydrogen) atoms. The summed E-state index contributed by atoms with van der Waals surface area (Å²) in [7, 11) is 3.64. The highest BCUT2D eigenvalue weighted by molar-refractivity contribution is 5.90. The van der Waals surface area contributed by atoms with Gasteiger partial charge < -0.3 is 30.2 Å². The van der Waals surface area contributed by atoms with Gasteiger partial charge in [0.25, 0.3) is 0 Å². The van der Waals surface area contributed by atoms with Crippen molar-refractivity contribution in [1.29, 1.82) is 0 Å². The SMILES string of the molecule is CCOCCN1CCC[C@@H](NC(=O)N[C@H](Cc2c[nH]c3ccccc23)C(=O)N2CCC3(CC2)C[C@@H](C(=O)N(C)C)c2ccccc23)C1. The van der Waals surface area contributed by atoms with Gasteiger partial charge in [-0.1, -0.05) is 42.5 Å². The molecule has 3 atom stereocenters. The Morgan fingerprint density at radius 1 is 1.06 bits per heavy atom. The lowest BCUT2D eigenvalue weighted by Crippen LogP contribution is -2.57. The highest BCUT2D eigenvalue weighted by atomic mass is 16.5. The molecule has 0 bridgehead atoms. The quantitative estimate of drug-likeness (QED) is 0.290. The Morgan fingerprint density at radius 3 is 2.62 bits per heavy atom. The van der Waals surface area contributed by atoms with Gasteiger partial charge in [-0.05, 0) is 68.3 Å². The number of carbonyl (C=O) groups is 3. The zero-order valence-electron chi connectivity index (χ0n) is 28.1. The smallest absolute Gasteiger partial charge is 0.315 e. The Kier molecular flexibility index (Phi) is 10.2. The van der Waals surface area contributed by atoms with E-state index in [1.165, 1.54) is 5.56 Å². The van der Waals surface area contributed by atoms with E-state index in [1.54, 1.807) is 4.90 Å². The molecule has 10 nitrogen and oxygen atoms in total. The largest absolute Gasteiger partial charge is 0.380 e. The predicted molar refractivity (Wildman–Crippen MR) is 183 cm³/mol. The molecular formula is C37H50N6O4. The zero-order valence-corrected chi connectivity index (χ0v) is 28.1. The van der Waals surface area contributed by atoms with Gasteiger partial charge in [-0.25, -0.2) is 4.79 Å². The molecule has 3 aromatic rings. The molecule has 10 heteroatoms. The van der Waals surface area contributed by atoms with E-state index in [0.29, 0.717) is 32.7 Å².